The molecule has 2 aliphatic carbocycles. The van der Waals surface area contributed by atoms with E-state index in [0.717, 1.165) is 56.9 Å². The van der Waals surface area contributed by atoms with Gasteiger partial charge in [-0.15, -0.1) is 11.3 Å². The van der Waals surface area contributed by atoms with Crippen LogP contribution in [0, 0.1) is 5.92 Å². The summed E-state index contributed by atoms with van der Waals surface area (Å²) in [6, 6.07) is 0. The van der Waals surface area contributed by atoms with E-state index in [4.69, 9.17) is 17.0 Å². The van der Waals surface area contributed by atoms with Gasteiger partial charge in [0.1, 0.15) is 5.00 Å². The van der Waals surface area contributed by atoms with Crippen molar-refractivity contribution in [1.82, 2.24) is 5.32 Å². The molecule has 3 rings (SSSR count). The van der Waals surface area contributed by atoms with Crippen LogP contribution in [0.15, 0.2) is 0 Å². The third-order valence-corrected chi connectivity index (χ3v) is 6.25. The molecule has 5 nitrogen and oxygen atoms in total. The summed E-state index contributed by atoms with van der Waals surface area (Å²) in [6.07, 6.45) is 8.14. The molecule has 1 saturated carbocycles. The molecule has 2 aliphatic rings. The number of anilines is 1. The van der Waals surface area contributed by atoms with E-state index >= 15 is 0 Å². The van der Waals surface area contributed by atoms with Gasteiger partial charge in [0.05, 0.1) is 12.2 Å². The molecule has 1 fully saturated rings. The standard InChI is InChI=1S/C18H24N2O3S2/c1-2-23-17(22)14-12-9-5-6-10-13(12)25-16(14)20-18(24)19-15(21)11-7-3-4-8-11/h11H,2-10H2,1H3,(H2,19,20,21,24). The van der Waals surface area contributed by atoms with Gasteiger partial charge < -0.3 is 15.4 Å². The summed E-state index contributed by atoms with van der Waals surface area (Å²) in [5.74, 6) is -0.274. The van der Waals surface area contributed by atoms with Crippen LogP contribution in [0.4, 0.5) is 5.00 Å². The predicted molar refractivity (Wildman–Crippen MR) is 103 cm³/mol. The van der Waals surface area contributed by atoms with Gasteiger partial charge in [-0.3, -0.25) is 4.79 Å². The third-order valence-electron chi connectivity index (χ3n) is 4.84. The van der Waals surface area contributed by atoms with Crippen molar-refractivity contribution in [2.45, 2.75) is 58.3 Å². The number of hydrogen-bond acceptors (Lipinski definition) is 5. The predicted octanol–water partition coefficient (Wildman–Crippen LogP) is 3.81. The molecule has 0 aromatic carbocycles. The molecule has 0 radical (unpaired) electrons. The number of rotatable bonds is 4. The zero-order chi connectivity index (χ0) is 17.8. The molecular formula is C18H24N2O3S2. The lowest BCUT2D eigenvalue weighted by molar-refractivity contribution is -0.123. The first kappa shape index (κ1) is 18.3. The van der Waals surface area contributed by atoms with E-state index in [9.17, 15) is 9.59 Å². The van der Waals surface area contributed by atoms with Crippen molar-refractivity contribution in [2.75, 3.05) is 11.9 Å². The molecule has 1 amide bonds. The quantitative estimate of drug-likeness (QED) is 0.614. The van der Waals surface area contributed by atoms with Crippen LogP contribution in [0.3, 0.4) is 0 Å². The van der Waals surface area contributed by atoms with Gasteiger partial charge in [0.2, 0.25) is 5.91 Å². The highest BCUT2D eigenvalue weighted by molar-refractivity contribution is 7.80. The normalized spacial score (nSPS) is 17.0. The van der Waals surface area contributed by atoms with Crippen molar-refractivity contribution < 1.29 is 14.3 Å². The Hall–Kier alpha value is -1.47. The van der Waals surface area contributed by atoms with Gasteiger partial charge in [-0.05, 0) is 63.2 Å². The maximum atomic E-state index is 12.4. The van der Waals surface area contributed by atoms with Gasteiger partial charge >= 0.3 is 5.97 Å². The van der Waals surface area contributed by atoms with Gasteiger partial charge in [-0.25, -0.2) is 4.79 Å². The molecule has 1 aromatic rings. The molecular weight excluding hydrogens is 356 g/mol. The Kier molecular flexibility index (Phi) is 6.06. The van der Waals surface area contributed by atoms with Crippen LogP contribution < -0.4 is 10.6 Å². The first-order chi connectivity index (χ1) is 12.1. The van der Waals surface area contributed by atoms with E-state index in [1.807, 2.05) is 0 Å². The fourth-order valence-electron chi connectivity index (χ4n) is 3.61. The number of nitrogens with one attached hydrogen (secondary N) is 2. The maximum Gasteiger partial charge on any atom is 0.341 e. The zero-order valence-electron chi connectivity index (χ0n) is 14.5. The number of fused-ring (bicyclic) bond motifs is 1. The van der Waals surface area contributed by atoms with Crippen LogP contribution in [0.2, 0.25) is 0 Å². The molecule has 7 heteroatoms. The summed E-state index contributed by atoms with van der Waals surface area (Å²) < 4.78 is 5.23. The van der Waals surface area contributed by atoms with Crippen LogP contribution in [0.25, 0.3) is 0 Å². The molecule has 0 unspecified atom stereocenters. The Bertz CT molecular complexity index is 678. The Labute approximate surface area is 157 Å². The highest BCUT2D eigenvalue weighted by Crippen LogP contribution is 2.38. The number of esters is 1. The fraction of sp³-hybridized carbons (Fsp3) is 0.611. The van der Waals surface area contributed by atoms with E-state index in [2.05, 4.69) is 10.6 Å². The van der Waals surface area contributed by atoms with Crippen molar-refractivity contribution in [3.05, 3.63) is 16.0 Å². The molecule has 0 aliphatic heterocycles. The van der Waals surface area contributed by atoms with Gasteiger partial charge in [-0.2, -0.15) is 0 Å². The second-order valence-corrected chi connectivity index (χ2v) is 8.07. The van der Waals surface area contributed by atoms with Crippen LogP contribution in [-0.2, 0) is 22.4 Å². The summed E-state index contributed by atoms with van der Waals surface area (Å²) >= 11 is 6.86. The average Bonchev–Trinajstić information content (AvgIpc) is 3.22. The van der Waals surface area contributed by atoms with Crippen molar-refractivity contribution >= 4 is 45.5 Å². The lowest BCUT2D eigenvalue weighted by Gasteiger charge is -2.14. The Balaban J connectivity index is 1.74. The van der Waals surface area contributed by atoms with E-state index in [1.54, 1.807) is 18.3 Å². The fourth-order valence-corrected chi connectivity index (χ4v) is 5.16. The van der Waals surface area contributed by atoms with Crippen molar-refractivity contribution in [1.29, 1.82) is 0 Å². The Morgan fingerprint density at radius 1 is 1.20 bits per heavy atom. The van der Waals surface area contributed by atoms with Crippen molar-refractivity contribution in [2.24, 2.45) is 5.92 Å². The molecule has 136 valence electrons. The largest absolute Gasteiger partial charge is 0.462 e. The number of carbonyl (C=O) groups is 2. The van der Waals surface area contributed by atoms with Crippen LogP contribution in [0.5, 0.6) is 0 Å². The number of amides is 1. The number of carbonyl (C=O) groups excluding carboxylic acids is 2. The lowest BCUT2D eigenvalue weighted by Crippen LogP contribution is -2.37. The van der Waals surface area contributed by atoms with E-state index in [1.165, 1.54) is 4.88 Å². The highest BCUT2D eigenvalue weighted by atomic mass is 32.1. The number of hydrogen-bond donors (Lipinski definition) is 2. The monoisotopic (exact) mass is 380 g/mol. The minimum atomic E-state index is -0.311. The van der Waals surface area contributed by atoms with Crippen LogP contribution >= 0.6 is 23.6 Å². The SMILES string of the molecule is CCOC(=O)c1c(NC(=S)NC(=O)C2CCCC2)sc2c1CCCC2. The van der Waals surface area contributed by atoms with Crippen molar-refractivity contribution in [3.63, 3.8) is 0 Å². The molecule has 2 N–H and O–H groups in total. The third kappa shape index (κ3) is 4.20. The molecule has 0 saturated heterocycles. The molecule has 1 aromatic heterocycles. The summed E-state index contributed by atoms with van der Waals surface area (Å²) in [6.45, 7) is 2.14. The van der Waals surface area contributed by atoms with Gasteiger partial charge in [0.15, 0.2) is 5.11 Å². The number of aryl methyl sites for hydroxylation is 1. The molecule has 0 spiro atoms. The smallest absolute Gasteiger partial charge is 0.341 e. The summed E-state index contributed by atoms with van der Waals surface area (Å²) in [5.41, 5.74) is 1.68. The first-order valence-electron chi connectivity index (χ1n) is 9.03. The van der Waals surface area contributed by atoms with Gasteiger partial charge in [0, 0.05) is 10.8 Å². The zero-order valence-corrected chi connectivity index (χ0v) is 16.1. The molecule has 1 heterocycles. The second kappa shape index (κ2) is 8.27. The number of thiocarbonyl (C=S) groups is 1. The minimum absolute atomic E-state index is 0.0194. The van der Waals surface area contributed by atoms with Crippen molar-refractivity contribution in [3.8, 4) is 0 Å². The molecule has 0 bridgehead atoms. The Morgan fingerprint density at radius 3 is 2.64 bits per heavy atom. The maximum absolute atomic E-state index is 12.4. The first-order valence-corrected chi connectivity index (χ1v) is 10.3. The summed E-state index contributed by atoms with van der Waals surface area (Å²) in [5, 5.41) is 6.82. The number of thiophene rings is 1. The summed E-state index contributed by atoms with van der Waals surface area (Å²) in [4.78, 5) is 25.9. The van der Waals surface area contributed by atoms with Crippen LogP contribution in [-0.4, -0.2) is 23.6 Å². The van der Waals surface area contributed by atoms with Crippen LogP contribution in [0.1, 0.15) is 66.2 Å². The lowest BCUT2D eigenvalue weighted by atomic mass is 9.95. The minimum Gasteiger partial charge on any atom is -0.462 e. The van der Waals surface area contributed by atoms with E-state index < -0.39 is 0 Å². The summed E-state index contributed by atoms with van der Waals surface area (Å²) in [7, 11) is 0. The highest BCUT2D eigenvalue weighted by Gasteiger charge is 2.28. The molecule has 0 atom stereocenters. The molecule has 25 heavy (non-hydrogen) atoms. The van der Waals surface area contributed by atoms with E-state index in [0.29, 0.717) is 17.2 Å². The number of ether oxygens (including phenoxy) is 1. The average molecular weight is 381 g/mol. The van der Waals surface area contributed by atoms with Gasteiger partial charge in [-0.1, -0.05) is 12.8 Å². The second-order valence-electron chi connectivity index (χ2n) is 6.56. The van der Waals surface area contributed by atoms with Gasteiger partial charge in [0.25, 0.3) is 0 Å². The topological polar surface area (TPSA) is 67.4 Å². The van der Waals surface area contributed by atoms with E-state index in [-0.39, 0.29) is 22.9 Å². The Morgan fingerprint density at radius 2 is 1.92 bits per heavy atom.